The standard InChI is InChI=1S/C14H14F2N2O3/c15-10-2-1-3-11(16)13(10)18-14(20)17-6-4-12(19)9-5-7-21-8-9/h1-3,5,7-8,12,19H,4,6H2,(H2,17,18,20). The minimum Gasteiger partial charge on any atom is -0.472 e. The molecule has 1 atom stereocenters. The summed E-state index contributed by atoms with van der Waals surface area (Å²) in [5.41, 5.74) is 0.0859. The van der Waals surface area contributed by atoms with E-state index in [1.165, 1.54) is 18.6 Å². The van der Waals surface area contributed by atoms with Crippen molar-refractivity contribution in [1.29, 1.82) is 0 Å². The van der Waals surface area contributed by atoms with Crippen LogP contribution in [-0.4, -0.2) is 17.7 Å². The van der Waals surface area contributed by atoms with Gasteiger partial charge in [-0.3, -0.25) is 0 Å². The molecule has 5 nitrogen and oxygen atoms in total. The van der Waals surface area contributed by atoms with Crippen LogP contribution in [0.3, 0.4) is 0 Å². The number of furan rings is 1. The highest BCUT2D eigenvalue weighted by Crippen LogP contribution is 2.18. The van der Waals surface area contributed by atoms with Gasteiger partial charge in [-0.25, -0.2) is 13.6 Å². The zero-order valence-corrected chi connectivity index (χ0v) is 11.0. The SMILES string of the molecule is O=C(NCCC(O)c1ccoc1)Nc1c(F)cccc1F. The summed E-state index contributed by atoms with van der Waals surface area (Å²) in [6.45, 7) is 0.133. The molecule has 1 unspecified atom stereocenters. The molecule has 112 valence electrons. The number of hydrogen-bond acceptors (Lipinski definition) is 3. The highest BCUT2D eigenvalue weighted by Gasteiger charge is 2.12. The minimum atomic E-state index is -0.858. The summed E-state index contributed by atoms with van der Waals surface area (Å²) in [5.74, 6) is -1.72. The summed E-state index contributed by atoms with van der Waals surface area (Å²) < 4.78 is 31.5. The van der Waals surface area contributed by atoms with Crippen molar-refractivity contribution in [3.8, 4) is 0 Å². The normalized spacial score (nSPS) is 12.0. The van der Waals surface area contributed by atoms with Gasteiger partial charge in [0.1, 0.15) is 17.3 Å². The zero-order valence-electron chi connectivity index (χ0n) is 11.0. The fourth-order valence-corrected chi connectivity index (χ4v) is 1.73. The lowest BCUT2D eigenvalue weighted by molar-refractivity contribution is 0.166. The summed E-state index contributed by atoms with van der Waals surface area (Å²) in [5, 5.41) is 14.2. The number of anilines is 1. The first kappa shape index (κ1) is 15.0. The number of hydrogen-bond donors (Lipinski definition) is 3. The first-order valence-electron chi connectivity index (χ1n) is 6.27. The second-order valence-electron chi connectivity index (χ2n) is 4.34. The number of rotatable bonds is 5. The number of urea groups is 1. The summed E-state index contributed by atoms with van der Waals surface area (Å²) in [6.07, 6.45) is 2.29. The molecule has 0 bridgehead atoms. The number of aliphatic hydroxyl groups excluding tert-OH is 1. The molecule has 0 saturated heterocycles. The average molecular weight is 296 g/mol. The van der Waals surface area contributed by atoms with Gasteiger partial charge in [0.2, 0.25) is 0 Å². The van der Waals surface area contributed by atoms with Crippen molar-refractivity contribution >= 4 is 11.7 Å². The van der Waals surface area contributed by atoms with Gasteiger partial charge in [-0.2, -0.15) is 0 Å². The van der Waals surface area contributed by atoms with Crippen LogP contribution >= 0.6 is 0 Å². The second kappa shape index (κ2) is 6.85. The van der Waals surface area contributed by atoms with Crippen molar-refractivity contribution in [3.63, 3.8) is 0 Å². The van der Waals surface area contributed by atoms with Crippen LogP contribution in [0.15, 0.2) is 41.2 Å². The first-order valence-corrected chi connectivity index (χ1v) is 6.27. The van der Waals surface area contributed by atoms with Crippen molar-refractivity contribution in [2.75, 3.05) is 11.9 Å². The van der Waals surface area contributed by atoms with Crippen LogP contribution in [0.4, 0.5) is 19.3 Å². The largest absolute Gasteiger partial charge is 0.472 e. The number of aliphatic hydroxyl groups is 1. The third kappa shape index (κ3) is 4.03. The first-order chi connectivity index (χ1) is 10.1. The molecule has 3 N–H and O–H groups in total. The Morgan fingerprint density at radius 2 is 2.00 bits per heavy atom. The maximum Gasteiger partial charge on any atom is 0.319 e. The van der Waals surface area contributed by atoms with Gasteiger partial charge >= 0.3 is 6.03 Å². The quantitative estimate of drug-likeness (QED) is 0.794. The van der Waals surface area contributed by atoms with E-state index in [2.05, 4.69) is 10.6 Å². The fraction of sp³-hybridized carbons (Fsp3) is 0.214. The minimum absolute atomic E-state index is 0.133. The number of amides is 2. The van der Waals surface area contributed by atoms with Crippen LogP contribution in [0.1, 0.15) is 18.1 Å². The van der Waals surface area contributed by atoms with Crippen LogP contribution in [-0.2, 0) is 0 Å². The van der Waals surface area contributed by atoms with E-state index in [0.717, 1.165) is 12.1 Å². The summed E-state index contributed by atoms with van der Waals surface area (Å²) >= 11 is 0. The Bertz CT molecular complexity index is 582. The Hall–Kier alpha value is -2.41. The molecular weight excluding hydrogens is 282 g/mol. The number of halogens is 2. The molecule has 2 amide bonds. The number of benzene rings is 1. The molecule has 0 saturated carbocycles. The molecule has 2 rings (SSSR count). The fourth-order valence-electron chi connectivity index (χ4n) is 1.73. The van der Waals surface area contributed by atoms with Crippen molar-refractivity contribution in [3.05, 3.63) is 54.0 Å². The number of carbonyl (C=O) groups is 1. The Morgan fingerprint density at radius 1 is 1.29 bits per heavy atom. The van der Waals surface area contributed by atoms with Crippen LogP contribution in [0.25, 0.3) is 0 Å². The van der Waals surface area contributed by atoms with Gasteiger partial charge in [-0.15, -0.1) is 0 Å². The summed E-state index contributed by atoms with van der Waals surface area (Å²) in [6, 6.07) is 4.15. The molecule has 2 aromatic rings. The van der Waals surface area contributed by atoms with E-state index in [0.29, 0.717) is 5.56 Å². The lowest BCUT2D eigenvalue weighted by atomic mass is 10.1. The Balaban J connectivity index is 1.80. The van der Waals surface area contributed by atoms with Crippen molar-refractivity contribution in [2.24, 2.45) is 0 Å². The number of nitrogens with one attached hydrogen (secondary N) is 2. The van der Waals surface area contributed by atoms with E-state index in [4.69, 9.17) is 4.42 Å². The number of para-hydroxylation sites is 1. The van der Waals surface area contributed by atoms with Gasteiger partial charge in [0, 0.05) is 12.1 Å². The Kier molecular flexibility index (Phi) is 4.89. The molecule has 21 heavy (non-hydrogen) atoms. The van der Waals surface area contributed by atoms with E-state index in [1.54, 1.807) is 6.07 Å². The molecule has 0 aliphatic carbocycles. The Morgan fingerprint density at radius 3 is 2.62 bits per heavy atom. The Labute approximate surface area is 119 Å². The highest BCUT2D eigenvalue weighted by molar-refractivity contribution is 5.89. The molecule has 1 aromatic carbocycles. The third-order valence-electron chi connectivity index (χ3n) is 2.83. The lowest BCUT2D eigenvalue weighted by Gasteiger charge is -2.11. The van der Waals surface area contributed by atoms with E-state index in [-0.39, 0.29) is 13.0 Å². The van der Waals surface area contributed by atoms with Crippen LogP contribution in [0.2, 0.25) is 0 Å². The zero-order chi connectivity index (χ0) is 15.2. The van der Waals surface area contributed by atoms with Crippen LogP contribution in [0.5, 0.6) is 0 Å². The average Bonchev–Trinajstić information content (AvgIpc) is 2.97. The van der Waals surface area contributed by atoms with Crippen molar-refractivity contribution < 1.29 is 23.1 Å². The van der Waals surface area contributed by atoms with E-state index in [9.17, 15) is 18.7 Å². The van der Waals surface area contributed by atoms with Gasteiger partial charge < -0.3 is 20.2 Å². The predicted molar refractivity (Wildman–Crippen MR) is 71.7 cm³/mol. The monoisotopic (exact) mass is 296 g/mol. The van der Waals surface area contributed by atoms with Gasteiger partial charge in [0.25, 0.3) is 0 Å². The smallest absolute Gasteiger partial charge is 0.319 e. The molecule has 0 spiro atoms. The highest BCUT2D eigenvalue weighted by atomic mass is 19.1. The van der Waals surface area contributed by atoms with Gasteiger partial charge in [-0.1, -0.05) is 6.07 Å². The summed E-state index contributed by atoms with van der Waals surface area (Å²) in [7, 11) is 0. The molecule has 0 aliphatic heterocycles. The molecule has 0 radical (unpaired) electrons. The molecule has 7 heteroatoms. The second-order valence-corrected chi connectivity index (χ2v) is 4.34. The van der Waals surface area contributed by atoms with E-state index >= 15 is 0 Å². The molecule has 1 heterocycles. The topological polar surface area (TPSA) is 74.5 Å². The van der Waals surface area contributed by atoms with Crippen LogP contribution < -0.4 is 10.6 Å². The van der Waals surface area contributed by atoms with Crippen molar-refractivity contribution in [1.82, 2.24) is 5.32 Å². The van der Waals surface area contributed by atoms with Gasteiger partial charge in [0.05, 0.1) is 18.6 Å². The van der Waals surface area contributed by atoms with E-state index in [1.807, 2.05) is 0 Å². The predicted octanol–water partition coefficient (Wildman–Crippen LogP) is 2.80. The maximum atomic E-state index is 13.3. The van der Waals surface area contributed by atoms with Gasteiger partial charge in [-0.05, 0) is 24.6 Å². The molecule has 0 fully saturated rings. The van der Waals surface area contributed by atoms with Crippen LogP contribution in [0, 0.1) is 11.6 Å². The third-order valence-corrected chi connectivity index (χ3v) is 2.83. The van der Waals surface area contributed by atoms with Crippen molar-refractivity contribution in [2.45, 2.75) is 12.5 Å². The van der Waals surface area contributed by atoms with Gasteiger partial charge in [0.15, 0.2) is 0 Å². The lowest BCUT2D eigenvalue weighted by Crippen LogP contribution is -2.31. The summed E-state index contributed by atoms with van der Waals surface area (Å²) in [4.78, 5) is 11.5. The van der Waals surface area contributed by atoms with E-state index < -0.39 is 29.5 Å². The molecule has 1 aromatic heterocycles. The molecule has 0 aliphatic rings. The maximum absolute atomic E-state index is 13.3. The molecular formula is C14H14F2N2O3. The number of carbonyl (C=O) groups excluding carboxylic acids is 1.